The summed E-state index contributed by atoms with van der Waals surface area (Å²) in [7, 11) is 0. The molecule has 0 aliphatic carbocycles. The molecule has 0 aromatic heterocycles. The Kier molecular flexibility index (Phi) is 6.40. The van der Waals surface area contributed by atoms with Crippen molar-refractivity contribution in [2.45, 2.75) is 26.4 Å². The molecule has 0 spiro atoms. The van der Waals surface area contributed by atoms with Gasteiger partial charge < -0.3 is 19.3 Å². The number of hydrogen-bond acceptors (Lipinski definition) is 4. The molecule has 1 aromatic carbocycles. The van der Waals surface area contributed by atoms with Gasteiger partial charge >= 0.3 is 6.09 Å². The first kappa shape index (κ1) is 18.0. The van der Waals surface area contributed by atoms with E-state index in [9.17, 15) is 14.0 Å². The Balaban J connectivity index is 1.90. The predicted octanol–water partition coefficient (Wildman–Crippen LogP) is 2.28. The highest BCUT2D eigenvalue weighted by molar-refractivity contribution is 5.81. The lowest BCUT2D eigenvalue weighted by molar-refractivity contribution is -0.140. The van der Waals surface area contributed by atoms with Crippen molar-refractivity contribution in [2.24, 2.45) is 0 Å². The van der Waals surface area contributed by atoms with Crippen LogP contribution >= 0.6 is 0 Å². The van der Waals surface area contributed by atoms with Gasteiger partial charge in [0.25, 0.3) is 5.91 Å². The van der Waals surface area contributed by atoms with Gasteiger partial charge in [0.2, 0.25) is 0 Å². The summed E-state index contributed by atoms with van der Waals surface area (Å²) in [6, 6.07) is 5.60. The van der Waals surface area contributed by atoms with Crippen LogP contribution in [0.1, 0.15) is 20.3 Å². The predicted molar refractivity (Wildman–Crippen MR) is 86.3 cm³/mol. The lowest BCUT2D eigenvalue weighted by Gasteiger charge is -2.35. The summed E-state index contributed by atoms with van der Waals surface area (Å²) in [5, 5.41) is 0. The van der Waals surface area contributed by atoms with E-state index in [4.69, 9.17) is 9.47 Å². The monoisotopic (exact) mass is 338 g/mol. The van der Waals surface area contributed by atoms with Crippen LogP contribution < -0.4 is 4.74 Å². The molecule has 1 aliphatic heterocycles. The van der Waals surface area contributed by atoms with Crippen molar-refractivity contribution in [1.82, 2.24) is 9.80 Å². The van der Waals surface area contributed by atoms with E-state index in [2.05, 4.69) is 0 Å². The molecule has 6 nitrogen and oxygen atoms in total. The summed E-state index contributed by atoms with van der Waals surface area (Å²) in [6.07, 6.45) is -0.460. The molecular formula is C17H23FN2O4. The first-order valence-electron chi connectivity index (χ1n) is 8.17. The van der Waals surface area contributed by atoms with Crippen LogP contribution in [0.2, 0.25) is 0 Å². The highest BCUT2D eigenvalue weighted by atomic mass is 19.1. The first-order chi connectivity index (χ1) is 11.5. The van der Waals surface area contributed by atoms with Gasteiger partial charge in [0.05, 0.1) is 6.61 Å². The average molecular weight is 338 g/mol. The number of ether oxygens (including phenoxy) is 2. The number of piperazine rings is 1. The largest absolute Gasteiger partial charge is 0.481 e. The lowest BCUT2D eigenvalue weighted by Crippen LogP contribution is -2.53. The maximum Gasteiger partial charge on any atom is 0.409 e. The van der Waals surface area contributed by atoms with Gasteiger partial charge in [-0.3, -0.25) is 4.79 Å². The molecule has 1 aliphatic rings. The van der Waals surface area contributed by atoms with Crippen molar-refractivity contribution in [1.29, 1.82) is 0 Å². The van der Waals surface area contributed by atoms with Gasteiger partial charge in [-0.05, 0) is 37.6 Å². The minimum absolute atomic E-state index is 0.120. The number of carbonyl (C=O) groups excluding carboxylic acids is 2. The fourth-order valence-electron chi connectivity index (χ4n) is 2.51. The van der Waals surface area contributed by atoms with Crippen LogP contribution in [-0.4, -0.2) is 60.7 Å². The molecule has 0 bridgehead atoms. The Morgan fingerprint density at radius 3 is 2.21 bits per heavy atom. The number of benzene rings is 1. The van der Waals surface area contributed by atoms with E-state index in [1.165, 1.54) is 24.3 Å². The Labute approximate surface area is 141 Å². The molecule has 0 saturated carbocycles. The third-order valence-corrected chi connectivity index (χ3v) is 3.86. The molecule has 2 rings (SSSR count). The fourth-order valence-corrected chi connectivity index (χ4v) is 2.51. The van der Waals surface area contributed by atoms with Crippen LogP contribution in [0.25, 0.3) is 0 Å². The molecule has 24 heavy (non-hydrogen) atoms. The second kappa shape index (κ2) is 8.52. The molecule has 1 heterocycles. The minimum atomic E-state index is -0.621. The standard InChI is InChI=1S/C17H23FN2O4/c1-3-15(24-14-7-5-13(18)6-8-14)16(21)19-9-11-20(12-10-19)17(22)23-4-2/h5-8,15H,3-4,9-12H2,1-2H3/t15-/m1/s1. The highest BCUT2D eigenvalue weighted by Gasteiger charge is 2.29. The zero-order valence-corrected chi connectivity index (χ0v) is 14.0. The van der Waals surface area contributed by atoms with E-state index in [0.29, 0.717) is 45.0 Å². The average Bonchev–Trinajstić information content (AvgIpc) is 2.61. The zero-order valence-electron chi connectivity index (χ0n) is 14.0. The van der Waals surface area contributed by atoms with Gasteiger partial charge in [0, 0.05) is 26.2 Å². The summed E-state index contributed by atoms with van der Waals surface area (Å²) in [4.78, 5) is 27.6. The van der Waals surface area contributed by atoms with E-state index in [-0.39, 0.29) is 17.8 Å². The third kappa shape index (κ3) is 4.59. The number of nitrogens with zero attached hydrogens (tertiary/aromatic N) is 2. The molecule has 0 N–H and O–H groups in total. The summed E-state index contributed by atoms with van der Waals surface area (Å²) in [5.41, 5.74) is 0. The second-order valence-corrected chi connectivity index (χ2v) is 5.48. The van der Waals surface area contributed by atoms with Crippen molar-refractivity contribution >= 4 is 12.0 Å². The molecular weight excluding hydrogens is 315 g/mol. The number of amides is 2. The van der Waals surface area contributed by atoms with Crippen LogP contribution in [0, 0.1) is 5.82 Å². The molecule has 132 valence electrons. The lowest BCUT2D eigenvalue weighted by atomic mass is 10.2. The quantitative estimate of drug-likeness (QED) is 0.826. The van der Waals surface area contributed by atoms with Crippen LogP contribution in [0.15, 0.2) is 24.3 Å². The van der Waals surface area contributed by atoms with Crippen molar-refractivity contribution in [3.63, 3.8) is 0 Å². The van der Waals surface area contributed by atoms with Gasteiger partial charge in [-0.25, -0.2) is 9.18 Å². The van der Waals surface area contributed by atoms with Crippen molar-refractivity contribution < 1.29 is 23.5 Å². The summed E-state index contributed by atoms with van der Waals surface area (Å²) in [5.74, 6) is -0.0103. The maximum atomic E-state index is 12.9. The second-order valence-electron chi connectivity index (χ2n) is 5.48. The SMILES string of the molecule is CCOC(=O)N1CCN(C(=O)[C@@H](CC)Oc2ccc(F)cc2)CC1. The van der Waals surface area contributed by atoms with Crippen molar-refractivity contribution in [3.05, 3.63) is 30.1 Å². The van der Waals surface area contributed by atoms with Crippen LogP contribution in [0.3, 0.4) is 0 Å². The molecule has 7 heteroatoms. The van der Waals surface area contributed by atoms with Gasteiger partial charge in [0.1, 0.15) is 11.6 Å². The molecule has 2 amide bonds. The van der Waals surface area contributed by atoms with E-state index in [1.54, 1.807) is 16.7 Å². The molecule has 1 atom stereocenters. The molecule has 0 unspecified atom stereocenters. The Morgan fingerprint density at radius 1 is 1.08 bits per heavy atom. The van der Waals surface area contributed by atoms with E-state index in [0.717, 1.165) is 0 Å². The molecule has 0 radical (unpaired) electrons. The van der Waals surface area contributed by atoms with E-state index < -0.39 is 6.10 Å². The van der Waals surface area contributed by atoms with E-state index in [1.807, 2.05) is 6.92 Å². The number of halogens is 1. The van der Waals surface area contributed by atoms with Crippen LogP contribution in [0.4, 0.5) is 9.18 Å². The Morgan fingerprint density at radius 2 is 1.67 bits per heavy atom. The number of carbonyl (C=O) groups is 2. The normalized spacial score (nSPS) is 15.8. The van der Waals surface area contributed by atoms with Crippen LogP contribution in [0.5, 0.6) is 5.75 Å². The number of rotatable bonds is 5. The van der Waals surface area contributed by atoms with Crippen molar-refractivity contribution in [3.8, 4) is 5.75 Å². The minimum Gasteiger partial charge on any atom is -0.481 e. The molecule has 1 saturated heterocycles. The van der Waals surface area contributed by atoms with Crippen molar-refractivity contribution in [2.75, 3.05) is 32.8 Å². The maximum absolute atomic E-state index is 12.9. The molecule has 1 fully saturated rings. The number of hydrogen-bond donors (Lipinski definition) is 0. The van der Waals surface area contributed by atoms with Gasteiger partial charge in [0.15, 0.2) is 6.10 Å². The summed E-state index contributed by atoms with van der Waals surface area (Å²) < 4.78 is 23.6. The van der Waals surface area contributed by atoms with Gasteiger partial charge in [-0.15, -0.1) is 0 Å². The summed E-state index contributed by atoms with van der Waals surface area (Å²) >= 11 is 0. The summed E-state index contributed by atoms with van der Waals surface area (Å²) in [6.45, 7) is 5.73. The Hall–Kier alpha value is -2.31. The zero-order chi connectivity index (χ0) is 17.5. The van der Waals surface area contributed by atoms with Crippen LogP contribution in [-0.2, 0) is 9.53 Å². The highest BCUT2D eigenvalue weighted by Crippen LogP contribution is 2.16. The molecule has 1 aromatic rings. The topological polar surface area (TPSA) is 59.1 Å². The van der Waals surface area contributed by atoms with Gasteiger partial charge in [-0.1, -0.05) is 6.92 Å². The first-order valence-corrected chi connectivity index (χ1v) is 8.17. The Bertz CT molecular complexity index is 556. The van der Waals surface area contributed by atoms with E-state index >= 15 is 0 Å². The fraction of sp³-hybridized carbons (Fsp3) is 0.529. The third-order valence-electron chi connectivity index (χ3n) is 3.86. The van der Waals surface area contributed by atoms with Gasteiger partial charge in [-0.2, -0.15) is 0 Å². The smallest absolute Gasteiger partial charge is 0.409 e.